The summed E-state index contributed by atoms with van der Waals surface area (Å²) in [5, 5.41) is 2.52. The Bertz CT molecular complexity index is 1870. The minimum atomic E-state index is 0.733. The van der Waals surface area contributed by atoms with Crippen molar-refractivity contribution in [1.29, 1.82) is 0 Å². The highest BCUT2D eigenvalue weighted by molar-refractivity contribution is 9.10. The first-order chi connectivity index (χ1) is 18.7. The topological polar surface area (TPSA) is 25.8 Å². The van der Waals surface area contributed by atoms with Crippen molar-refractivity contribution in [2.24, 2.45) is 0 Å². The molecular formula is C34H21BrN2S. The van der Waals surface area contributed by atoms with Gasteiger partial charge in [0, 0.05) is 41.3 Å². The van der Waals surface area contributed by atoms with Crippen molar-refractivity contribution in [3.8, 4) is 45.0 Å². The second-order valence-corrected chi connectivity index (χ2v) is 11.2. The van der Waals surface area contributed by atoms with Crippen molar-refractivity contribution in [3.63, 3.8) is 0 Å². The molecule has 0 unspecified atom stereocenters. The summed E-state index contributed by atoms with van der Waals surface area (Å²) in [4.78, 5) is 10.0. The Morgan fingerprint density at radius 1 is 0.500 bits per heavy atom. The van der Waals surface area contributed by atoms with Crippen molar-refractivity contribution >= 4 is 47.4 Å². The number of hydrogen-bond donors (Lipinski definition) is 0. The molecule has 38 heavy (non-hydrogen) atoms. The number of fused-ring (bicyclic) bond motifs is 3. The van der Waals surface area contributed by atoms with Crippen LogP contribution in [0.25, 0.3) is 65.2 Å². The van der Waals surface area contributed by atoms with Gasteiger partial charge in [-0.15, -0.1) is 11.3 Å². The Hall–Kier alpha value is -4.12. The van der Waals surface area contributed by atoms with Crippen LogP contribution in [-0.2, 0) is 0 Å². The largest absolute Gasteiger partial charge is 0.228 e. The van der Waals surface area contributed by atoms with Gasteiger partial charge in [0.1, 0.15) is 0 Å². The Morgan fingerprint density at radius 3 is 1.97 bits per heavy atom. The predicted molar refractivity (Wildman–Crippen MR) is 164 cm³/mol. The Kier molecular flexibility index (Phi) is 5.84. The van der Waals surface area contributed by atoms with Crippen LogP contribution in [0.1, 0.15) is 0 Å². The molecule has 0 bridgehead atoms. The number of aromatic nitrogens is 2. The van der Waals surface area contributed by atoms with Crippen LogP contribution in [0, 0.1) is 0 Å². The molecular weight excluding hydrogens is 548 g/mol. The monoisotopic (exact) mass is 568 g/mol. The lowest BCUT2D eigenvalue weighted by Gasteiger charge is -2.10. The van der Waals surface area contributed by atoms with E-state index in [2.05, 4.69) is 119 Å². The molecule has 0 amide bonds. The summed E-state index contributed by atoms with van der Waals surface area (Å²) in [5.41, 5.74) is 7.48. The van der Waals surface area contributed by atoms with Crippen LogP contribution in [-0.4, -0.2) is 9.97 Å². The fourth-order valence-corrected chi connectivity index (χ4v) is 6.51. The molecule has 0 saturated carbocycles. The van der Waals surface area contributed by atoms with Gasteiger partial charge >= 0.3 is 0 Å². The predicted octanol–water partition coefficient (Wildman–Crippen LogP) is 10.3. The van der Waals surface area contributed by atoms with Crippen LogP contribution in [0.5, 0.6) is 0 Å². The van der Waals surface area contributed by atoms with Crippen molar-refractivity contribution in [1.82, 2.24) is 9.97 Å². The van der Waals surface area contributed by atoms with Crippen LogP contribution in [0.15, 0.2) is 132 Å². The van der Waals surface area contributed by atoms with Gasteiger partial charge in [-0.1, -0.05) is 113 Å². The van der Waals surface area contributed by atoms with E-state index in [9.17, 15) is 0 Å². The summed E-state index contributed by atoms with van der Waals surface area (Å²) in [6.45, 7) is 0. The van der Waals surface area contributed by atoms with Gasteiger partial charge in [0.05, 0.1) is 11.4 Å². The quantitative estimate of drug-likeness (QED) is 0.211. The van der Waals surface area contributed by atoms with E-state index in [0.29, 0.717) is 0 Å². The molecule has 7 rings (SSSR count). The van der Waals surface area contributed by atoms with E-state index in [-0.39, 0.29) is 0 Å². The number of thiophene rings is 1. The minimum Gasteiger partial charge on any atom is -0.228 e. The van der Waals surface area contributed by atoms with Crippen LogP contribution in [0.3, 0.4) is 0 Å². The third kappa shape index (κ3) is 4.22. The molecule has 5 aromatic carbocycles. The highest BCUT2D eigenvalue weighted by Gasteiger charge is 2.15. The summed E-state index contributed by atoms with van der Waals surface area (Å²) < 4.78 is 3.59. The van der Waals surface area contributed by atoms with Gasteiger partial charge in [-0.3, -0.25) is 0 Å². The summed E-state index contributed by atoms with van der Waals surface area (Å²) in [6.07, 6.45) is 0. The van der Waals surface area contributed by atoms with E-state index in [4.69, 9.17) is 9.97 Å². The Morgan fingerprint density at radius 2 is 1.18 bits per heavy atom. The lowest BCUT2D eigenvalue weighted by Crippen LogP contribution is -1.95. The Balaban J connectivity index is 1.44. The standard InChI is InChI=1S/C34H21BrN2S/c35-26-14-7-13-24(19-26)25-17-18-32-29(20-25)27-15-8-16-28(33(27)38-32)31-21-30(22-9-3-1-4-10-22)36-34(37-31)23-11-5-2-6-12-23/h1-21H. The van der Waals surface area contributed by atoms with Crippen molar-refractivity contribution in [3.05, 3.63) is 132 Å². The first kappa shape index (κ1) is 23.0. The third-order valence-corrected chi connectivity index (χ3v) is 8.47. The fourth-order valence-electron chi connectivity index (χ4n) is 4.91. The van der Waals surface area contributed by atoms with Gasteiger partial charge in [-0.25, -0.2) is 9.97 Å². The Labute approximate surface area is 233 Å². The van der Waals surface area contributed by atoms with Gasteiger partial charge in [-0.2, -0.15) is 0 Å². The molecule has 7 aromatic rings. The first-order valence-electron chi connectivity index (χ1n) is 12.4. The van der Waals surface area contributed by atoms with Gasteiger partial charge in [0.15, 0.2) is 5.82 Å². The van der Waals surface area contributed by atoms with E-state index in [0.717, 1.165) is 38.4 Å². The number of nitrogens with zero attached hydrogens (tertiary/aromatic N) is 2. The van der Waals surface area contributed by atoms with Gasteiger partial charge in [0.2, 0.25) is 0 Å². The normalized spacial score (nSPS) is 11.3. The molecule has 0 fully saturated rings. The molecule has 0 aliphatic heterocycles. The zero-order valence-electron chi connectivity index (χ0n) is 20.3. The first-order valence-corrected chi connectivity index (χ1v) is 14.1. The van der Waals surface area contributed by atoms with Crippen LogP contribution in [0.2, 0.25) is 0 Å². The molecule has 0 atom stereocenters. The van der Waals surface area contributed by atoms with Gasteiger partial charge in [0.25, 0.3) is 0 Å². The highest BCUT2D eigenvalue weighted by Crippen LogP contribution is 2.41. The van der Waals surface area contributed by atoms with Crippen molar-refractivity contribution in [2.75, 3.05) is 0 Å². The SMILES string of the molecule is Brc1cccc(-c2ccc3sc4c(-c5cc(-c6ccccc6)nc(-c6ccccc6)n5)cccc4c3c2)c1. The molecule has 0 aliphatic rings. The number of benzene rings is 5. The van der Waals surface area contributed by atoms with E-state index in [1.807, 2.05) is 35.6 Å². The molecule has 0 aliphatic carbocycles. The molecule has 2 aromatic heterocycles. The van der Waals surface area contributed by atoms with E-state index in [1.54, 1.807) is 0 Å². The van der Waals surface area contributed by atoms with Crippen molar-refractivity contribution < 1.29 is 0 Å². The lowest BCUT2D eigenvalue weighted by atomic mass is 10.0. The average molecular weight is 570 g/mol. The van der Waals surface area contributed by atoms with Crippen LogP contribution in [0.4, 0.5) is 0 Å². The maximum Gasteiger partial charge on any atom is 0.160 e. The average Bonchev–Trinajstić information content (AvgIpc) is 3.36. The summed E-state index contributed by atoms with van der Waals surface area (Å²) in [7, 11) is 0. The second kappa shape index (κ2) is 9.64. The molecule has 0 spiro atoms. The zero-order chi connectivity index (χ0) is 25.5. The molecule has 0 radical (unpaired) electrons. The molecule has 0 N–H and O–H groups in total. The smallest absolute Gasteiger partial charge is 0.160 e. The molecule has 0 saturated heterocycles. The third-order valence-electron chi connectivity index (χ3n) is 6.76. The molecule has 180 valence electrons. The van der Waals surface area contributed by atoms with E-state index < -0.39 is 0 Å². The minimum absolute atomic E-state index is 0.733. The summed E-state index contributed by atoms with van der Waals surface area (Å²) in [5.74, 6) is 0.733. The van der Waals surface area contributed by atoms with Gasteiger partial charge < -0.3 is 0 Å². The molecule has 4 heteroatoms. The fraction of sp³-hybridized carbons (Fsp3) is 0. The maximum absolute atomic E-state index is 5.08. The zero-order valence-corrected chi connectivity index (χ0v) is 22.7. The van der Waals surface area contributed by atoms with Crippen molar-refractivity contribution in [2.45, 2.75) is 0 Å². The molecule has 2 heterocycles. The maximum atomic E-state index is 5.08. The lowest BCUT2D eigenvalue weighted by molar-refractivity contribution is 1.19. The molecule has 2 nitrogen and oxygen atoms in total. The van der Waals surface area contributed by atoms with E-state index >= 15 is 0 Å². The summed E-state index contributed by atoms with van der Waals surface area (Å²) >= 11 is 5.44. The van der Waals surface area contributed by atoms with Crippen LogP contribution < -0.4 is 0 Å². The number of rotatable bonds is 4. The highest BCUT2D eigenvalue weighted by atomic mass is 79.9. The second-order valence-electron chi connectivity index (χ2n) is 9.20. The van der Waals surface area contributed by atoms with E-state index in [1.165, 1.54) is 31.3 Å². The summed E-state index contributed by atoms with van der Waals surface area (Å²) in [6, 6.07) is 44.4. The number of hydrogen-bond acceptors (Lipinski definition) is 3. The van der Waals surface area contributed by atoms with Crippen LogP contribution >= 0.6 is 27.3 Å². The number of halogens is 1. The van der Waals surface area contributed by atoms with Gasteiger partial charge in [-0.05, 0) is 41.5 Å².